The average molecular weight is 276 g/mol. The smallest absolute Gasteiger partial charge is 0.289 e. The molecule has 0 aromatic carbocycles. The number of hydrogen-bond donors (Lipinski definition) is 2. The second-order valence-electron chi connectivity index (χ2n) is 3.99. The number of amides is 1. The number of nitrogens with one attached hydrogen (secondary N) is 2. The number of carbonyl (C=O) groups excluding carboxylic acids is 1. The van der Waals surface area contributed by atoms with E-state index in [2.05, 4.69) is 29.6 Å². The molecule has 1 amide bonds. The van der Waals surface area contributed by atoms with E-state index in [9.17, 15) is 4.79 Å². The van der Waals surface area contributed by atoms with Gasteiger partial charge in [-0.1, -0.05) is 19.0 Å². The van der Waals surface area contributed by atoms with Gasteiger partial charge in [0.05, 0.1) is 5.69 Å². The Bertz CT molecular complexity index is 351. The van der Waals surface area contributed by atoms with E-state index in [4.69, 9.17) is 4.52 Å². The molecule has 1 aromatic heterocycles. The SMILES string of the molecule is CCC(CC)c1cc(C(=O)NCCNC)on1.Cl. The van der Waals surface area contributed by atoms with Crippen molar-refractivity contribution < 1.29 is 9.32 Å². The Hall–Kier alpha value is -1.07. The van der Waals surface area contributed by atoms with Crippen LogP contribution in [0.1, 0.15) is 48.9 Å². The third kappa shape index (κ3) is 4.66. The largest absolute Gasteiger partial charge is 0.351 e. The normalized spacial score (nSPS) is 10.2. The third-order valence-electron chi connectivity index (χ3n) is 2.82. The highest BCUT2D eigenvalue weighted by atomic mass is 35.5. The minimum absolute atomic E-state index is 0. The van der Waals surface area contributed by atoms with Crippen molar-refractivity contribution in [2.45, 2.75) is 32.6 Å². The van der Waals surface area contributed by atoms with Gasteiger partial charge in [-0.2, -0.15) is 0 Å². The van der Waals surface area contributed by atoms with Crippen LogP contribution in [0.4, 0.5) is 0 Å². The molecule has 0 saturated carbocycles. The van der Waals surface area contributed by atoms with Crippen molar-refractivity contribution >= 4 is 18.3 Å². The Morgan fingerprint density at radius 1 is 1.39 bits per heavy atom. The van der Waals surface area contributed by atoms with Gasteiger partial charge in [0.1, 0.15) is 0 Å². The van der Waals surface area contributed by atoms with Gasteiger partial charge in [-0.3, -0.25) is 4.79 Å². The first kappa shape index (κ1) is 16.9. The lowest BCUT2D eigenvalue weighted by Gasteiger charge is -2.05. The van der Waals surface area contributed by atoms with Crippen LogP contribution in [0.25, 0.3) is 0 Å². The van der Waals surface area contributed by atoms with E-state index in [1.165, 1.54) is 0 Å². The summed E-state index contributed by atoms with van der Waals surface area (Å²) in [4.78, 5) is 11.7. The van der Waals surface area contributed by atoms with Crippen molar-refractivity contribution in [3.63, 3.8) is 0 Å². The average Bonchev–Trinajstić information content (AvgIpc) is 2.80. The summed E-state index contributed by atoms with van der Waals surface area (Å²) < 4.78 is 5.06. The van der Waals surface area contributed by atoms with Gasteiger partial charge in [0.15, 0.2) is 0 Å². The van der Waals surface area contributed by atoms with E-state index in [0.29, 0.717) is 18.2 Å². The zero-order valence-electron chi connectivity index (χ0n) is 11.2. The Morgan fingerprint density at radius 3 is 2.61 bits per heavy atom. The first-order chi connectivity index (χ1) is 8.22. The predicted molar refractivity (Wildman–Crippen MR) is 73.3 cm³/mol. The molecule has 1 aromatic rings. The fraction of sp³-hybridized carbons (Fsp3) is 0.667. The zero-order chi connectivity index (χ0) is 12.7. The topological polar surface area (TPSA) is 67.2 Å². The van der Waals surface area contributed by atoms with Crippen LogP contribution in [0.3, 0.4) is 0 Å². The fourth-order valence-corrected chi connectivity index (χ4v) is 1.68. The van der Waals surface area contributed by atoms with Crippen LogP contribution in [0, 0.1) is 0 Å². The van der Waals surface area contributed by atoms with Gasteiger partial charge in [-0.15, -0.1) is 12.4 Å². The Morgan fingerprint density at radius 2 is 2.06 bits per heavy atom. The second-order valence-corrected chi connectivity index (χ2v) is 3.99. The molecule has 104 valence electrons. The van der Waals surface area contributed by atoms with Crippen LogP contribution < -0.4 is 10.6 Å². The van der Waals surface area contributed by atoms with E-state index < -0.39 is 0 Å². The standard InChI is InChI=1S/C12H21N3O2.ClH/c1-4-9(5-2)10-8-11(17-15-10)12(16)14-7-6-13-3;/h8-9,13H,4-7H2,1-3H3,(H,14,16);1H. The molecule has 2 N–H and O–H groups in total. The molecular weight excluding hydrogens is 254 g/mol. The highest BCUT2D eigenvalue weighted by Gasteiger charge is 2.16. The van der Waals surface area contributed by atoms with Crippen molar-refractivity contribution in [2.24, 2.45) is 0 Å². The first-order valence-corrected chi connectivity index (χ1v) is 6.12. The van der Waals surface area contributed by atoms with Crippen LogP contribution in [-0.2, 0) is 0 Å². The number of aromatic nitrogens is 1. The molecule has 0 aliphatic carbocycles. The summed E-state index contributed by atoms with van der Waals surface area (Å²) in [5.74, 6) is 0.463. The number of hydrogen-bond acceptors (Lipinski definition) is 4. The van der Waals surface area contributed by atoms with Crippen LogP contribution in [-0.4, -0.2) is 31.2 Å². The van der Waals surface area contributed by atoms with Crippen LogP contribution in [0.5, 0.6) is 0 Å². The molecule has 0 atom stereocenters. The highest BCUT2D eigenvalue weighted by Crippen LogP contribution is 2.22. The van der Waals surface area contributed by atoms with Crippen molar-refractivity contribution in [2.75, 3.05) is 20.1 Å². The minimum Gasteiger partial charge on any atom is -0.351 e. The molecule has 0 unspecified atom stereocenters. The molecule has 5 nitrogen and oxygen atoms in total. The van der Waals surface area contributed by atoms with Crippen molar-refractivity contribution in [1.82, 2.24) is 15.8 Å². The van der Waals surface area contributed by atoms with Gasteiger partial charge < -0.3 is 15.2 Å². The zero-order valence-corrected chi connectivity index (χ0v) is 12.0. The lowest BCUT2D eigenvalue weighted by molar-refractivity contribution is 0.0917. The monoisotopic (exact) mass is 275 g/mol. The van der Waals surface area contributed by atoms with Gasteiger partial charge >= 0.3 is 0 Å². The quantitative estimate of drug-likeness (QED) is 0.747. The Balaban J connectivity index is 0.00000289. The van der Waals surface area contributed by atoms with Crippen LogP contribution in [0.15, 0.2) is 10.6 Å². The van der Waals surface area contributed by atoms with Gasteiger partial charge in [-0.05, 0) is 19.9 Å². The van der Waals surface area contributed by atoms with E-state index in [0.717, 1.165) is 25.1 Å². The molecule has 0 spiro atoms. The summed E-state index contributed by atoms with van der Waals surface area (Å²) in [7, 11) is 1.84. The molecule has 0 aliphatic rings. The maximum absolute atomic E-state index is 11.7. The Kier molecular flexibility index (Phi) is 8.41. The summed E-state index contributed by atoms with van der Waals surface area (Å²) in [5.41, 5.74) is 0.869. The van der Waals surface area contributed by atoms with E-state index in [1.807, 2.05) is 7.05 Å². The van der Waals surface area contributed by atoms with E-state index >= 15 is 0 Å². The number of likely N-dealkylation sites (N-methyl/N-ethyl adjacent to an activating group) is 1. The van der Waals surface area contributed by atoms with E-state index in [1.54, 1.807) is 6.07 Å². The molecule has 0 bridgehead atoms. The molecule has 0 aliphatic heterocycles. The van der Waals surface area contributed by atoms with Crippen molar-refractivity contribution in [1.29, 1.82) is 0 Å². The van der Waals surface area contributed by atoms with E-state index in [-0.39, 0.29) is 18.3 Å². The summed E-state index contributed by atoms with van der Waals surface area (Å²) in [5, 5.41) is 9.66. The maximum Gasteiger partial charge on any atom is 0.289 e. The first-order valence-electron chi connectivity index (χ1n) is 6.12. The van der Waals surface area contributed by atoms with Gasteiger partial charge in [0, 0.05) is 25.1 Å². The lowest BCUT2D eigenvalue weighted by Crippen LogP contribution is -2.30. The molecular formula is C12H22ClN3O2. The fourth-order valence-electron chi connectivity index (χ4n) is 1.68. The molecule has 1 rings (SSSR count). The molecule has 0 fully saturated rings. The summed E-state index contributed by atoms with van der Waals surface area (Å²) in [6, 6.07) is 1.74. The molecule has 1 heterocycles. The second kappa shape index (κ2) is 8.94. The van der Waals surface area contributed by atoms with Crippen molar-refractivity contribution in [3.8, 4) is 0 Å². The predicted octanol–water partition coefficient (Wildman–Crippen LogP) is 1.95. The molecule has 18 heavy (non-hydrogen) atoms. The number of nitrogens with zero attached hydrogens (tertiary/aromatic N) is 1. The maximum atomic E-state index is 11.7. The summed E-state index contributed by atoms with van der Waals surface area (Å²) >= 11 is 0. The number of halogens is 1. The number of rotatable bonds is 7. The van der Waals surface area contributed by atoms with Crippen LogP contribution in [0.2, 0.25) is 0 Å². The number of carbonyl (C=O) groups is 1. The lowest BCUT2D eigenvalue weighted by atomic mass is 9.99. The summed E-state index contributed by atoms with van der Waals surface area (Å²) in [6.07, 6.45) is 2.01. The highest BCUT2D eigenvalue weighted by molar-refractivity contribution is 5.91. The Labute approximate surface area is 114 Å². The van der Waals surface area contributed by atoms with Crippen molar-refractivity contribution in [3.05, 3.63) is 17.5 Å². The van der Waals surface area contributed by atoms with Gasteiger partial charge in [0.25, 0.3) is 5.91 Å². The van der Waals surface area contributed by atoms with Gasteiger partial charge in [-0.25, -0.2) is 0 Å². The molecule has 0 saturated heterocycles. The third-order valence-corrected chi connectivity index (χ3v) is 2.82. The van der Waals surface area contributed by atoms with Crippen LogP contribution >= 0.6 is 12.4 Å². The molecule has 0 radical (unpaired) electrons. The van der Waals surface area contributed by atoms with Gasteiger partial charge in [0.2, 0.25) is 5.76 Å². The summed E-state index contributed by atoms with van der Waals surface area (Å²) in [6.45, 7) is 5.53. The minimum atomic E-state index is -0.204. The molecule has 6 heteroatoms.